The minimum atomic E-state index is -0.671. The van der Waals surface area contributed by atoms with E-state index in [9.17, 15) is 4.79 Å². The van der Waals surface area contributed by atoms with Crippen LogP contribution in [-0.2, 0) is 19.0 Å². The van der Waals surface area contributed by atoms with Crippen molar-refractivity contribution in [2.24, 2.45) is 0 Å². The molecule has 0 radical (unpaired) electrons. The number of esters is 1. The molecule has 1 aliphatic rings. The summed E-state index contributed by atoms with van der Waals surface area (Å²) in [5.41, 5.74) is 2.06. The summed E-state index contributed by atoms with van der Waals surface area (Å²) in [6.45, 7) is 2.90. The number of benzene rings is 1. The average molecular weight is 236 g/mol. The minimum absolute atomic E-state index is 0.377. The second kappa shape index (κ2) is 5.29. The molecule has 1 saturated heterocycles. The van der Waals surface area contributed by atoms with E-state index < -0.39 is 12.1 Å². The zero-order valence-electron chi connectivity index (χ0n) is 10.0. The van der Waals surface area contributed by atoms with Gasteiger partial charge in [-0.15, -0.1) is 0 Å². The molecular formula is C13H16O4. The highest BCUT2D eigenvalue weighted by atomic mass is 16.6. The van der Waals surface area contributed by atoms with Gasteiger partial charge in [0.15, 0.2) is 6.10 Å². The first-order chi connectivity index (χ1) is 8.24. The van der Waals surface area contributed by atoms with Crippen LogP contribution in [-0.4, -0.2) is 32.4 Å². The molecule has 4 heteroatoms. The van der Waals surface area contributed by atoms with Gasteiger partial charge in [0.2, 0.25) is 0 Å². The van der Waals surface area contributed by atoms with Crippen LogP contribution >= 0.6 is 0 Å². The number of aryl methyl sites for hydroxylation is 1. The van der Waals surface area contributed by atoms with Crippen LogP contribution in [0.5, 0.6) is 0 Å². The lowest BCUT2D eigenvalue weighted by Crippen LogP contribution is -2.39. The van der Waals surface area contributed by atoms with E-state index in [-0.39, 0.29) is 6.10 Å². The van der Waals surface area contributed by atoms with Crippen molar-refractivity contribution in [3.05, 3.63) is 35.4 Å². The molecule has 0 saturated carbocycles. The van der Waals surface area contributed by atoms with Crippen molar-refractivity contribution < 1.29 is 19.0 Å². The molecule has 2 rings (SSSR count). The molecule has 0 N–H and O–H groups in total. The van der Waals surface area contributed by atoms with Gasteiger partial charge in [-0.3, -0.25) is 0 Å². The van der Waals surface area contributed by atoms with Crippen molar-refractivity contribution in [3.8, 4) is 0 Å². The van der Waals surface area contributed by atoms with Crippen molar-refractivity contribution in [1.82, 2.24) is 0 Å². The smallest absolute Gasteiger partial charge is 0.338 e. The first-order valence-corrected chi connectivity index (χ1v) is 5.60. The van der Waals surface area contributed by atoms with E-state index in [0.29, 0.717) is 13.2 Å². The Balaban J connectivity index is 2.28. The molecular weight excluding hydrogens is 220 g/mol. The van der Waals surface area contributed by atoms with E-state index in [1.54, 1.807) is 0 Å². The van der Waals surface area contributed by atoms with Crippen molar-refractivity contribution in [1.29, 1.82) is 0 Å². The van der Waals surface area contributed by atoms with E-state index >= 15 is 0 Å². The predicted octanol–water partition coefficient (Wildman–Crippen LogP) is 1.62. The third kappa shape index (κ3) is 2.48. The lowest BCUT2D eigenvalue weighted by Gasteiger charge is -2.31. The first kappa shape index (κ1) is 12.1. The number of ether oxygens (including phenoxy) is 3. The number of rotatable bonds is 2. The Morgan fingerprint density at radius 1 is 1.29 bits per heavy atom. The Morgan fingerprint density at radius 3 is 2.71 bits per heavy atom. The molecule has 0 unspecified atom stereocenters. The largest absolute Gasteiger partial charge is 0.467 e. The Kier molecular flexibility index (Phi) is 3.76. The summed E-state index contributed by atoms with van der Waals surface area (Å²) < 4.78 is 15.8. The van der Waals surface area contributed by atoms with E-state index in [2.05, 4.69) is 0 Å². The van der Waals surface area contributed by atoms with E-state index in [1.807, 2.05) is 31.2 Å². The molecule has 0 aromatic heterocycles. The van der Waals surface area contributed by atoms with Crippen LogP contribution in [0.15, 0.2) is 24.3 Å². The molecule has 1 aliphatic heterocycles. The lowest BCUT2D eigenvalue weighted by atomic mass is 9.98. The van der Waals surface area contributed by atoms with Gasteiger partial charge in [-0.2, -0.15) is 0 Å². The van der Waals surface area contributed by atoms with Crippen LogP contribution in [0.2, 0.25) is 0 Å². The molecule has 1 heterocycles. The number of hydrogen-bond donors (Lipinski definition) is 0. The van der Waals surface area contributed by atoms with Crippen LogP contribution in [0.3, 0.4) is 0 Å². The van der Waals surface area contributed by atoms with Gasteiger partial charge in [0.25, 0.3) is 0 Å². The Bertz CT molecular complexity index is 402. The minimum Gasteiger partial charge on any atom is -0.467 e. The van der Waals surface area contributed by atoms with Gasteiger partial charge in [-0.1, -0.05) is 24.3 Å². The van der Waals surface area contributed by atoms with Crippen molar-refractivity contribution in [3.63, 3.8) is 0 Å². The van der Waals surface area contributed by atoms with Gasteiger partial charge < -0.3 is 14.2 Å². The fourth-order valence-electron chi connectivity index (χ4n) is 1.99. The highest BCUT2D eigenvalue weighted by Crippen LogP contribution is 2.29. The van der Waals surface area contributed by atoms with Crippen LogP contribution in [0.25, 0.3) is 0 Å². The average Bonchev–Trinajstić information content (AvgIpc) is 2.38. The molecule has 17 heavy (non-hydrogen) atoms. The summed E-state index contributed by atoms with van der Waals surface area (Å²) in [7, 11) is 1.36. The molecule has 92 valence electrons. The maximum absolute atomic E-state index is 11.6. The summed E-state index contributed by atoms with van der Waals surface area (Å²) in [6.07, 6.45) is -1.05. The normalized spacial score (nSPS) is 24.4. The van der Waals surface area contributed by atoms with Crippen LogP contribution in [0.1, 0.15) is 17.2 Å². The molecule has 0 bridgehead atoms. The van der Waals surface area contributed by atoms with Crippen molar-refractivity contribution in [2.75, 3.05) is 20.3 Å². The summed E-state index contributed by atoms with van der Waals surface area (Å²) in [5, 5.41) is 0. The molecule has 0 spiro atoms. The van der Waals surface area contributed by atoms with E-state index in [0.717, 1.165) is 11.1 Å². The summed E-state index contributed by atoms with van der Waals surface area (Å²) in [4.78, 5) is 11.6. The van der Waals surface area contributed by atoms with Gasteiger partial charge in [-0.05, 0) is 18.1 Å². The van der Waals surface area contributed by atoms with E-state index in [4.69, 9.17) is 14.2 Å². The summed E-state index contributed by atoms with van der Waals surface area (Å²) in [6, 6.07) is 7.82. The first-order valence-electron chi connectivity index (χ1n) is 5.60. The van der Waals surface area contributed by atoms with Gasteiger partial charge in [-0.25, -0.2) is 4.79 Å². The van der Waals surface area contributed by atoms with Crippen LogP contribution in [0, 0.1) is 6.92 Å². The molecule has 0 aliphatic carbocycles. The number of carbonyl (C=O) groups is 1. The van der Waals surface area contributed by atoms with E-state index in [1.165, 1.54) is 7.11 Å². The maximum atomic E-state index is 11.6. The standard InChI is InChI=1S/C13H16O4/c1-9-5-3-4-6-10(9)11-12(13(14)15-2)17-8-7-16-11/h3-6,11-12H,7-8H2,1-2H3/t11-,12+/m1/s1. The highest BCUT2D eigenvalue weighted by molar-refractivity contribution is 5.75. The molecule has 1 aromatic carbocycles. The van der Waals surface area contributed by atoms with Crippen molar-refractivity contribution >= 4 is 5.97 Å². The molecule has 4 nitrogen and oxygen atoms in total. The highest BCUT2D eigenvalue weighted by Gasteiger charge is 2.35. The van der Waals surface area contributed by atoms with Crippen LogP contribution < -0.4 is 0 Å². The monoisotopic (exact) mass is 236 g/mol. The van der Waals surface area contributed by atoms with Gasteiger partial charge in [0.05, 0.1) is 20.3 Å². The summed E-state index contributed by atoms with van der Waals surface area (Å²) >= 11 is 0. The zero-order valence-corrected chi connectivity index (χ0v) is 10.0. The maximum Gasteiger partial charge on any atom is 0.338 e. The molecule has 1 fully saturated rings. The molecule has 1 aromatic rings. The topological polar surface area (TPSA) is 44.8 Å². The SMILES string of the molecule is COC(=O)[C@H]1OCCO[C@@H]1c1ccccc1C. The number of hydrogen-bond acceptors (Lipinski definition) is 4. The lowest BCUT2D eigenvalue weighted by molar-refractivity contribution is -0.184. The second-order valence-corrected chi connectivity index (χ2v) is 3.96. The Labute approximate surface area is 100 Å². The Hall–Kier alpha value is -1.39. The third-order valence-electron chi connectivity index (χ3n) is 2.88. The number of methoxy groups -OCH3 is 1. The quantitative estimate of drug-likeness (QED) is 0.732. The third-order valence-corrected chi connectivity index (χ3v) is 2.88. The Morgan fingerprint density at radius 2 is 2.00 bits per heavy atom. The zero-order chi connectivity index (χ0) is 12.3. The predicted molar refractivity (Wildman–Crippen MR) is 61.6 cm³/mol. The van der Waals surface area contributed by atoms with Gasteiger partial charge >= 0.3 is 5.97 Å². The molecule has 0 amide bonds. The fourth-order valence-corrected chi connectivity index (χ4v) is 1.99. The van der Waals surface area contributed by atoms with Crippen molar-refractivity contribution in [2.45, 2.75) is 19.1 Å². The molecule has 2 atom stereocenters. The van der Waals surface area contributed by atoms with Gasteiger partial charge in [0.1, 0.15) is 6.10 Å². The summed E-state index contributed by atoms with van der Waals surface area (Å²) in [5.74, 6) is -0.391. The number of carbonyl (C=O) groups excluding carboxylic acids is 1. The fraction of sp³-hybridized carbons (Fsp3) is 0.462. The van der Waals surface area contributed by atoms with Crippen LogP contribution in [0.4, 0.5) is 0 Å². The van der Waals surface area contributed by atoms with Gasteiger partial charge in [0, 0.05) is 0 Å². The second-order valence-electron chi connectivity index (χ2n) is 3.96.